The second-order valence-electron chi connectivity index (χ2n) is 4.04. The first kappa shape index (κ1) is 12.2. The molecule has 0 aliphatic carbocycles. The van der Waals surface area contributed by atoms with Crippen LogP contribution in [0.3, 0.4) is 0 Å². The molecule has 0 spiro atoms. The van der Waals surface area contributed by atoms with Gasteiger partial charge in [0.15, 0.2) is 11.6 Å². The number of nitrogens with two attached hydrogens (primary N) is 1. The molecule has 0 saturated carbocycles. The van der Waals surface area contributed by atoms with Crippen molar-refractivity contribution in [2.24, 2.45) is 7.05 Å². The lowest BCUT2D eigenvalue weighted by molar-refractivity contribution is 0.0994. The molecule has 2 heterocycles. The first-order valence-electron chi connectivity index (χ1n) is 5.72. The number of hydrogen-bond acceptors (Lipinski definition) is 4. The molecule has 3 N–H and O–H groups in total. The van der Waals surface area contributed by atoms with Crippen LogP contribution < -0.4 is 11.1 Å². The number of carbonyl (C=O) groups excluding carboxylic acids is 1. The molecule has 1 amide bonds. The predicted octanol–water partition coefficient (Wildman–Crippen LogP) is 1.72. The van der Waals surface area contributed by atoms with Crippen molar-refractivity contribution in [1.82, 2.24) is 9.78 Å². The first-order chi connectivity index (χ1) is 8.52. The van der Waals surface area contributed by atoms with Gasteiger partial charge in [-0.1, -0.05) is 6.92 Å². The average molecular weight is 248 g/mol. The Balaban J connectivity index is 2.21. The van der Waals surface area contributed by atoms with E-state index in [-0.39, 0.29) is 11.7 Å². The Bertz CT molecular complexity index is 583. The minimum atomic E-state index is -0.329. The smallest absolute Gasteiger partial charge is 0.292 e. The molecule has 18 heavy (non-hydrogen) atoms. The molecule has 0 aliphatic heterocycles. The number of aromatic nitrogens is 2. The van der Waals surface area contributed by atoms with Crippen molar-refractivity contribution < 1.29 is 9.21 Å². The fourth-order valence-corrected chi connectivity index (χ4v) is 1.68. The van der Waals surface area contributed by atoms with E-state index in [1.54, 1.807) is 26.1 Å². The molecular weight excluding hydrogens is 232 g/mol. The lowest BCUT2D eigenvalue weighted by Crippen LogP contribution is -2.14. The molecule has 0 saturated heterocycles. The number of nitrogens with one attached hydrogen (secondary N) is 1. The van der Waals surface area contributed by atoms with Gasteiger partial charge in [0.25, 0.3) is 5.91 Å². The number of furan rings is 1. The van der Waals surface area contributed by atoms with E-state index in [9.17, 15) is 4.79 Å². The van der Waals surface area contributed by atoms with Crippen LogP contribution in [0.2, 0.25) is 0 Å². The van der Waals surface area contributed by atoms with Crippen LogP contribution in [-0.2, 0) is 13.5 Å². The van der Waals surface area contributed by atoms with Crippen LogP contribution in [0.5, 0.6) is 0 Å². The minimum absolute atomic E-state index is 0.269. The maximum atomic E-state index is 12.0. The van der Waals surface area contributed by atoms with Crippen LogP contribution in [0.4, 0.5) is 11.5 Å². The van der Waals surface area contributed by atoms with Crippen LogP contribution in [0.25, 0.3) is 0 Å². The number of carbonyl (C=O) groups is 1. The third-order valence-electron chi connectivity index (χ3n) is 2.73. The van der Waals surface area contributed by atoms with E-state index in [2.05, 4.69) is 10.4 Å². The molecule has 2 aromatic heterocycles. The number of nitrogens with zero attached hydrogens (tertiary/aromatic N) is 2. The number of hydrogen-bond donors (Lipinski definition) is 2. The Kier molecular flexibility index (Phi) is 3.10. The molecule has 0 aliphatic rings. The molecule has 0 bridgehead atoms. The quantitative estimate of drug-likeness (QED) is 0.865. The van der Waals surface area contributed by atoms with Gasteiger partial charge in [0.1, 0.15) is 5.76 Å². The Morgan fingerprint density at radius 2 is 2.28 bits per heavy atom. The Morgan fingerprint density at radius 3 is 2.78 bits per heavy atom. The van der Waals surface area contributed by atoms with E-state index in [1.165, 1.54) is 4.68 Å². The number of nitrogen functional groups attached to an aromatic ring is 1. The van der Waals surface area contributed by atoms with Crippen LogP contribution >= 0.6 is 0 Å². The largest absolute Gasteiger partial charge is 0.456 e. The summed E-state index contributed by atoms with van der Waals surface area (Å²) >= 11 is 0. The van der Waals surface area contributed by atoms with Crippen molar-refractivity contribution in [2.75, 3.05) is 11.1 Å². The Labute approximate surface area is 105 Å². The third kappa shape index (κ3) is 2.09. The van der Waals surface area contributed by atoms with Crippen molar-refractivity contribution >= 4 is 17.4 Å². The summed E-state index contributed by atoms with van der Waals surface area (Å²) in [4.78, 5) is 12.0. The van der Waals surface area contributed by atoms with Crippen molar-refractivity contribution in [3.05, 3.63) is 29.3 Å². The normalized spacial score (nSPS) is 10.6. The van der Waals surface area contributed by atoms with Gasteiger partial charge < -0.3 is 15.5 Å². The van der Waals surface area contributed by atoms with Crippen LogP contribution in [0.1, 0.15) is 28.9 Å². The minimum Gasteiger partial charge on any atom is -0.456 e. The first-order valence-corrected chi connectivity index (χ1v) is 5.72. The van der Waals surface area contributed by atoms with Gasteiger partial charge in [-0.25, -0.2) is 0 Å². The van der Waals surface area contributed by atoms with Gasteiger partial charge in [-0.15, -0.1) is 0 Å². The maximum Gasteiger partial charge on any atom is 0.292 e. The second kappa shape index (κ2) is 4.56. The lowest BCUT2D eigenvalue weighted by Gasteiger charge is -2.04. The van der Waals surface area contributed by atoms with Gasteiger partial charge in [-0.05, 0) is 19.1 Å². The van der Waals surface area contributed by atoms with Gasteiger partial charge in [-0.3, -0.25) is 9.48 Å². The molecule has 0 radical (unpaired) electrons. The highest BCUT2D eigenvalue weighted by molar-refractivity contribution is 6.03. The average Bonchev–Trinajstić information content (AvgIpc) is 2.90. The molecule has 96 valence electrons. The van der Waals surface area contributed by atoms with Gasteiger partial charge in [0.2, 0.25) is 0 Å². The van der Waals surface area contributed by atoms with E-state index in [4.69, 9.17) is 10.2 Å². The molecule has 2 aromatic rings. The van der Waals surface area contributed by atoms with Crippen LogP contribution in [0.15, 0.2) is 16.5 Å². The molecule has 6 heteroatoms. The zero-order valence-corrected chi connectivity index (χ0v) is 10.7. The zero-order chi connectivity index (χ0) is 13.3. The van der Waals surface area contributed by atoms with Crippen molar-refractivity contribution in [2.45, 2.75) is 20.3 Å². The summed E-state index contributed by atoms with van der Waals surface area (Å²) in [5.74, 6) is 1.19. The summed E-state index contributed by atoms with van der Waals surface area (Å²) in [6.45, 7) is 3.75. The Hall–Kier alpha value is -2.24. The molecule has 0 unspecified atom stereocenters. The predicted molar refractivity (Wildman–Crippen MR) is 68.4 cm³/mol. The lowest BCUT2D eigenvalue weighted by atomic mass is 10.3. The highest BCUT2D eigenvalue weighted by Crippen LogP contribution is 2.21. The SMILES string of the molecule is CCc1ccc(C(=O)Nc2c(N)c(C)nn2C)o1. The molecule has 6 nitrogen and oxygen atoms in total. The fraction of sp³-hybridized carbons (Fsp3) is 0.333. The van der Waals surface area contributed by atoms with E-state index in [0.29, 0.717) is 17.2 Å². The van der Waals surface area contributed by atoms with Gasteiger partial charge in [-0.2, -0.15) is 5.10 Å². The highest BCUT2D eigenvalue weighted by atomic mass is 16.3. The van der Waals surface area contributed by atoms with Crippen molar-refractivity contribution in [1.29, 1.82) is 0 Å². The summed E-state index contributed by atoms with van der Waals surface area (Å²) in [5, 5.41) is 6.82. The molecule has 0 fully saturated rings. The summed E-state index contributed by atoms with van der Waals surface area (Å²) in [7, 11) is 1.72. The molecule has 2 rings (SSSR count). The van der Waals surface area contributed by atoms with E-state index >= 15 is 0 Å². The van der Waals surface area contributed by atoms with Crippen LogP contribution in [-0.4, -0.2) is 15.7 Å². The summed E-state index contributed by atoms with van der Waals surface area (Å²) in [6, 6.07) is 3.43. The number of aryl methyl sites for hydroxylation is 3. The van der Waals surface area contributed by atoms with E-state index < -0.39 is 0 Å². The summed E-state index contributed by atoms with van der Waals surface area (Å²) in [6.07, 6.45) is 0.750. The van der Waals surface area contributed by atoms with Crippen molar-refractivity contribution in [3.63, 3.8) is 0 Å². The highest BCUT2D eigenvalue weighted by Gasteiger charge is 2.16. The topological polar surface area (TPSA) is 86.1 Å². The van der Waals surface area contributed by atoms with E-state index in [1.807, 2.05) is 6.92 Å². The Morgan fingerprint density at radius 1 is 1.56 bits per heavy atom. The van der Waals surface area contributed by atoms with E-state index in [0.717, 1.165) is 12.2 Å². The van der Waals surface area contributed by atoms with Gasteiger partial charge in [0.05, 0.1) is 11.4 Å². The second-order valence-corrected chi connectivity index (χ2v) is 4.04. The monoisotopic (exact) mass is 248 g/mol. The standard InChI is InChI=1S/C12H16N4O2/c1-4-8-5-6-9(18-8)12(17)14-11-10(13)7(2)15-16(11)3/h5-6H,4,13H2,1-3H3,(H,14,17). The molecular formula is C12H16N4O2. The van der Waals surface area contributed by atoms with Gasteiger partial charge in [0, 0.05) is 13.5 Å². The third-order valence-corrected chi connectivity index (χ3v) is 2.73. The summed E-state index contributed by atoms with van der Waals surface area (Å²) < 4.78 is 6.90. The van der Waals surface area contributed by atoms with Crippen molar-refractivity contribution in [3.8, 4) is 0 Å². The number of anilines is 2. The maximum absolute atomic E-state index is 12.0. The van der Waals surface area contributed by atoms with Crippen LogP contribution in [0, 0.1) is 6.92 Å². The summed E-state index contributed by atoms with van der Waals surface area (Å²) in [5.41, 5.74) is 6.98. The zero-order valence-electron chi connectivity index (χ0n) is 10.7. The molecule has 0 atom stereocenters. The molecule has 0 aromatic carbocycles. The fourth-order valence-electron chi connectivity index (χ4n) is 1.68. The van der Waals surface area contributed by atoms with Gasteiger partial charge >= 0.3 is 0 Å². The number of rotatable bonds is 3. The number of amides is 1.